The molecule has 0 bridgehead atoms. The Labute approximate surface area is 83.6 Å². The van der Waals surface area contributed by atoms with Gasteiger partial charge in [0.15, 0.2) is 0 Å². The van der Waals surface area contributed by atoms with Crippen LogP contribution in [0.15, 0.2) is 0 Å². The molecule has 5 atom stereocenters. The fraction of sp³-hybridized carbons (Fsp3) is 1.00. The predicted molar refractivity (Wildman–Crippen MR) is 50.5 cm³/mol. The van der Waals surface area contributed by atoms with Gasteiger partial charge in [-0.2, -0.15) is 0 Å². The zero-order chi connectivity index (χ0) is 11.3. The molecule has 0 amide bonds. The van der Waals surface area contributed by atoms with Gasteiger partial charge in [-0.1, -0.05) is 13.8 Å². The van der Waals surface area contributed by atoms with E-state index in [4.69, 9.17) is 10.2 Å². The van der Waals surface area contributed by atoms with Crippen molar-refractivity contribution in [3.8, 4) is 0 Å². The fourth-order valence-corrected chi connectivity index (χ4v) is 1.09. The Balaban J connectivity index is 4.22. The van der Waals surface area contributed by atoms with E-state index in [1.807, 2.05) is 0 Å². The maximum atomic E-state index is 9.47. The molecule has 0 saturated carbocycles. The SMILES string of the molecule is CC(CO)[C@H](O)C(O)[C@H](O)[C@H](C)CO. The van der Waals surface area contributed by atoms with Gasteiger partial charge in [-0.05, 0) is 0 Å². The van der Waals surface area contributed by atoms with Crippen LogP contribution in [0, 0.1) is 11.8 Å². The van der Waals surface area contributed by atoms with Gasteiger partial charge in [0, 0.05) is 25.0 Å². The van der Waals surface area contributed by atoms with Crippen LogP contribution in [0.2, 0.25) is 0 Å². The summed E-state index contributed by atoms with van der Waals surface area (Å²) in [5.41, 5.74) is 0. The van der Waals surface area contributed by atoms with E-state index >= 15 is 0 Å². The molecule has 0 aromatic carbocycles. The highest BCUT2D eigenvalue weighted by molar-refractivity contribution is 4.81. The summed E-state index contributed by atoms with van der Waals surface area (Å²) in [5.74, 6) is -1.02. The average molecular weight is 208 g/mol. The van der Waals surface area contributed by atoms with E-state index in [0.29, 0.717) is 0 Å². The molecule has 0 aliphatic rings. The quantitative estimate of drug-likeness (QED) is 0.359. The van der Waals surface area contributed by atoms with E-state index in [9.17, 15) is 15.3 Å². The van der Waals surface area contributed by atoms with Crippen molar-refractivity contribution < 1.29 is 25.5 Å². The van der Waals surface area contributed by atoms with Crippen molar-refractivity contribution in [2.75, 3.05) is 13.2 Å². The summed E-state index contributed by atoms with van der Waals surface area (Å²) >= 11 is 0. The third-order valence-electron chi connectivity index (χ3n) is 2.44. The maximum Gasteiger partial charge on any atom is 0.106 e. The molecule has 0 saturated heterocycles. The molecular formula is C9H20O5. The van der Waals surface area contributed by atoms with Crippen LogP contribution in [0.4, 0.5) is 0 Å². The lowest BCUT2D eigenvalue weighted by Gasteiger charge is -2.29. The molecule has 0 rings (SSSR count). The lowest BCUT2D eigenvalue weighted by Crippen LogP contribution is -2.45. The molecule has 14 heavy (non-hydrogen) atoms. The number of aliphatic hydroxyl groups excluding tert-OH is 5. The normalized spacial score (nSPS) is 22.5. The number of rotatable bonds is 6. The molecule has 0 aliphatic heterocycles. The Hall–Kier alpha value is -0.200. The summed E-state index contributed by atoms with van der Waals surface area (Å²) in [6.45, 7) is 2.59. The highest BCUT2D eigenvalue weighted by Gasteiger charge is 2.31. The van der Waals surface area contributed by atoms with Gasteiger partial charge in [-0.25, -0.2) is 0 Å². The molecule has 0 fully saturated rings. The first-order valence-electron chi connectivity index (χ1n) is 4.71. The Morgan fingerprint density at radius 3 is 1.21 bits per heavy atom. The molecule has 0 aromatic heterocycles. The Bertz CT molecular complexity index is 136. The first-order chi connectivity index (χ1) is 6.45. The van der Waals surface area contributed by atoms with Crippen LogP contribution >= 0.6 is 0 Å². The minimum Gasteiger partial charge on any atom is -0.396 e. The van der Waals surface area contributed by atoms with Crippen molar-refractivity contribution in [3.63, 3.8) is 0 Å². The highest BCUT2D eigenvalue weighted by atomic mass is 16.4. The Morgan fingerprint density at radius 1 is 0.714 bits per heavy atom. The van der Waals surface area contributed by atoms with Crippen LogP contribution in [-0.4, -0.2) is 57.1 Å². The van der Waals surface area contributed by atoms with Gasteiger partial charge in [-0.3, -0.25) is 0 Å². The van der Waals surface area contributed by atoms with E-state index in [-0.39, 0.29) is 13.2 Å². The summed E-state index contributed by atoms with van der Waals surface area (Å²) in [4.78, 5) is 0. The molecule has 86 valence electrons. The summed E-state index contributed by atoms with van der Waals surface area (Å²) in [5, 5.41) is 45.8. The van der Waals surface area contributed by atoms with E-state index in [0.717, 1.165) is 0 Å². The molecule has 5 heteroatoms. The topological polar surface area (TPSA) is 101 Å². The molecule has 5 nitrogen and oxygen atoms in total. The lowest BCUT2D eigenvalue weighted by molar-refractivity contribution is -0.105. The zero-order valence-corrected chi connectivity index (χ0v) is 8.54. The van der Waals surface area contributed by atoms with Crippen molar-refractivity contribution in [1.29, 1.82) is 0 Å². The van der Waals surface area contributed by atoms with Gasteiger partial charge >= 0.3 is 0 Å². The predicted octanol–water partition coefficient (Wildman–Crippen LogP) is -1.67. The second kappa shape index (κ2) is 6.31. The fourth-order valence-electron chi connectivity index (χ4n) is 1.09. The smallest absolute Gasteiger partial charge is 0.106 e. The summed E-state index contributed by atoms with van der Waals surface area (Å²) in [7, 11) is 0. The van der Waals surface area contributed by atoms with Gasteiger partial charge in [0.05, 0.1) is 12.2 Å². The van der Waals surface area contributed by atoms with Crippen molar-refractivity contribution >= 4 is 0 Å². The standard InChI is InChI=1S/C9H20O5/c1-5(3-10)7(12)9(14)8(13)6(2)4-11/h5-14H,3-4H2,1-2H3/t5-,6?,7-,8+,9?/m1/s1. The van der Waals surface area contributed by atoms with Crippen molar-refractivity contribution in [1.82, 2.24) is 0 Å². The zero-order valence-electron chi connectivity index (χ0n) is 8.54. The van der Waals surface area contributed by atoms with Crippen LogP contribution in [-0.2, 0) is 0 Å². The molecule has 0 aromatic rings. The van der Waals surface area contributed by atoms with E-state index in [1.165, 1.54) is 0 Å². The van der Waals surface area contributed by atoms with Gasteiger partial charge in [-0.15, -0.1) is 0 Å². The lowest BCUT2D eigenvalue weighted by atomic mass is 9.91. The van der Waals surface area contributed by atoms with Crippen LogP contribution in [0.3, 0.4) is 0 Å². The number of hydrogen-bond acceptors (Lipinski definition) is 5. The Kier molecular flexibility index (Phi) is 6.22. The molecule has 2 unspecified atom stereocenters. The molecule has 0 radical (unpaired) electrons. The highest BCUT2D eigenvalue weighted by Crippen LogP contribution is 2.15. The maximum absolute atomic E-state index is 9.47. The summed E-state index contributed by atoms with van der Waals surface area (Å²) < 4.78 is 0. The minimum absolute atomic E-state index is 0.265. The third kappa shape index (κ3) is 3.51. The molecule has 5 N–H and O–H groups in total. The van der Waals surface area contributed by atoms with Gasteiger partial charge in [0.2, 0.25) is 0 Å². The minimum atomic E-state index is -1.35. The van der Waals surface area contributed by atoms with Crippen molar-refractivity contribution in [2.24, 2.45) is 11.8 Å². The molecule has 0 aliphatic carbocycles. The van der Waals surface area contributed by atoms with Crippen LogP contribution in [0.25, 0.3) is 0 Å². The van der Waals surface area contributed by atoms with Gasteiger partial charge in [0.25, 0.3) is 0 Å². The van der Waals surface area contributed by atoms with Crippen LogP contribution in [0.1, 0.15) is 13.8 Å². The largest absolute Gasteiger partial charge is 0.396 e. The second-order valence-corrected chi connectivity index (χ2v) is 3.79. The van der Waals surface area contributed by atoms with Gasteiger partial charge in [0.1, 0.15) is 6.10 Å². The molecular weight excluding hydrogens is 188 g/mol. The van der Waals surface area contributed by atoms with Crippen molar-refractivity contribution in [2.45, 2.75) is 32.2 Å². The van der Waals surface area contributed by atoms with Crippen LogP contribution < -0.4 is 0 Å². The summed E-state index contributed by atoms with van der Waals surface area (Å²) in [6.07, 6.45) is -3.73. The van der Waals surface area contributed by atoms with Gasteiger partial charge < -0.3 is 25.5 Å². The average Bonchev–Trinajstić information content (AvgIpc) is 2.23. The second-order valence-electron chi connectivity index (χ2n) is 3.79. The molecule has 0 spiro atoms. The van der Waals surface area contributed by atoms with Crippen molar-refractivity contribution in [3.05, 3.63) is 0 Å². The first kappa shape index (κ1) is 13.8. The monoisotopic (exact) mass is 208 g/mol. The van der Waals surface area contributed by atoms with E-state index in [1.54, 1.807) is 13.8 Å². The molecule has 0 heterocycles. The third-order valence-corrected chi connectivity index (χ3v) is 2.44. The van der Waals surface area contributed by atoms with E-state index < -0.39 is 30.1 Å². The van der Waals surface area contributed by atoms with E-state index in [2.05, 4.69) is 0 Å². The number of hydrogen-bond donors (Lipinski definition) is 5. The van der Waals surface area contributed by atoms with Crippen LogP contribution in [0.5, 0.6) is 0 Å². The summed E-state index contributed by atoms with van der Waals surface area (Å²) in [6, 6.07) is 0. The number of aliphatic hydroxyl groups is 5. The first-order valence-corrected chi connectivity index (χ1v) is 4.71. The Morgan fingerprint density at radius 2 is 1.00 bits per heavy atom.